The van der Waals surface area contributed by atoms with Gasteiger partial charge in [0.05, 0.1) is 20.6 Å². The van der Waals surface area contributed by atoms with Crippen molar-refractivity contribution in [3.05, 3.63) is 23.2 Å². The Morgan fingerprint density at radius 1 is 1.43 bits per heavy atom. The maximum Gasteiger partial charge on any atom is 0.239 e. The highest BCUT2D eigenvalue weighted by atomic mass is 35.5. The topological polar surface area (TPSA) is 68.0 Å². The number of thiocarbonyl (C=S) groups is 1. The van der Waals surface area contributed by atoms with E-state index in [0.29, 0.717) is 23.0 Å². The Balaban J connectivity index is 1.87. The Kier molecular flexibility index (Phi) is 3.86. The van der Waals surface area contributed by atoms with Crippen molar-refractivity contribution in [1.82, 2.24) is 4.98 Å². The summed E-state index contributed by atoms with van der Waals surface area (Å²) in [7, 11) is 0. The highest BCUT2D eigenvalue weighted by molar-refractivity contribution is 7.80. The van der Waals surface area contributed by atoms with Crippen molar-refractivity contribution in [3.8, 4) is 0 Å². The minimum atomic E-state index is -0.717. The summed E-state index contributed by atoms with van der Waals surface area (Å²) in [5.74, 6) is -0.141. The number of anilines is 1. The highest BCUT2D eigenvalue weighted by Crippen LogP contribution is 2.40. The second kappa shape index (κ2) is 5.51. The van der Waals surface area contributed by atoms with Crippen LogP contribution in [0, 0.1) is 5.41 Å². The van der Waals surface area contributed by atoms with Gasteiger partial charge in [-0.05, 0) is 31.0 Å². The molecule has 1 heterocycles. The molecule has 7 heteroatoms. The fourth-order valence-electron chi connectivity index (χ4n) is 2.73. The van der Waals surface area contributed by atoms with Crippen LogP contribution in [-0.2, 0) is 4.79 Å². The SMILES string of the molecule is NC(=S)C1(C(=O)Nc2nc3ccc(Cl)cc3s2)CCCC1. The van der Waals surface area contributed by atoms with Crippen LogP contribution in [0.2, 0.25) is 5.02 Å². The van der Waals surface area contributed by atoms with Gasteiger partial charge in [-0.3, -0.25) is 4.79 Å². The van der Waals surface area contributed by atoms with Gasteiger partial charge in [0.2, 0.25) is 5.91 Å². The van der Waals surface area contributed by atoms with Gasteiger partial charge in [-0.1, -0.05) is 48.0 Å². The van der Waals surface area contributed by atoms with Crippen LogP contribution in [0.3, 0.4) is 0 Å². The van der Waals surface area contributed by atoms with Crippen molar-refractivity contribution in [2.24, 2.45) is 11.1 Å². The van der Waals surface area contributed by atoms with Gasteiger partial charge in [0.15, 0.2) is 5.13 Å². The zero-order valence-corrected chi connectivity index (χ0v) is 13.6. The van der Waals surface area contributed by atoms with E-state index in [2.05, 4.69) is 10.3 Å². The second-order valence-electron chi connectivity index (χ2n) is 5.24. The molecule has 4 nitrogen and oxygen atoms in total. The normalized spacial score (nSPS) is 17.0. The molecule has 0 radical (unpaired) electrons. The molecule has 0 spiro atoms. The van der Waals surface area contributed by atoms with E-state index in [0.717, 1.165) is 23.1 Å². The number of nitrogens with two attached hydrogens (primary N) is 1. The maximum atomic E-state index is 12.6. The van der Waals surface area contributed by atoms with Crippen molar-refractivity contribution in [3.63, 3.8) is 0 Å². The van der Waals surface area contributed by atoms with E-state index in [1.807, 2.05) is 12.1 Å². The van der Waals surface area contributed by atoms with Gasteiger partial charge in [0.25, 0.3) is 0 Å². The monoisotopic (exact) mass is 339 g/mol. The molecular formula is C14H14ClN3OS2. The number of nitrogens with zero attached hydrogens (tertiary/aromatic N) is 1. The van der Waals surface area contributed by atoms with Crippen molar-refractivity contribution in [2.45, 2.75) is 25.7 Å². The largest absolute Gasteiger partial charge is 0.392 e. The molecule has 1 aromatic heterocycles. The van der Waals surface area contributed by atoms with Gasteiger partial charge in [0, 0.05) is 5.02 Å². The summed E-state index contributed by atoms with van der Waals surface area (Å²) in [6, 6.07) is 5.45. The number of hydrogen-bond donors (Lipinski definition) is 2. The summed E-state index contributed by atoms with van der Waals surface area (Å²) in [6.45, 7) is 0. The number of aromatic nitrogens is 1. The van der Waals surface area contributed by atoms with Gasteiger partial charge < -0.3 is 11.1 Å². The van der Waals surface area contributed by atoms with Gasteiger partial charge >= 0.3 is 0 Å². The van der Waals surface area contributed by atoms with E-state index >= 15 is 0 Å². The number of halogens is 1. The number of carbonyl (C=O) groups is 1. The van der Waals surface area contributed by atoms with Crippen molar-refractivity contribution < 1.29 is 4.79 Å². The first kappa shape index (κ1) is 14.7. The summed E-state index contributed by atoms with van der Waals surface area (Å²) in [5.41, 5.74) is 5.92. The maximum absolute atomic E-state index is 12.6. The average molecular weight is 340 g/mol. The predicted molar refractivity (Wildman–Crippen MR) is 90.9 cm³/mol. The lowest BCUT2D eigenvalue weighted by molar-refractivity contribution is -0.122. The molecule has 21 heavy (non-hydrogen) atoms. The number of rotatable bonds is 3. The zero-order chi connectivity index (χ0) is 15.0. The molecule has 0 aliphatic heterocycles. The number of hydrogen-bond acceptors (Lipinski definition) is 4. The molecule has 0 bridgehead atoms. The third-order valence-electron chi connectivity index (χ3n) is 3.93. The van der Waals surface area contributed by atoms with Gasteiger partial charge in [-0.15, -0.1) is 0 Å². The first-order valence-electron chi connectivity index (χ1n) is 6.69. The number of fused-ring (bicyclic) bond motifs is 1. The summed E-state index contributed by atoms with van der Waals surface area (Å²) >= 11 is 12.5. The minimum absolute atomic E-state index is 0.141. The van der Waals surface area contributed by atoms with Crippen LogP contribution in [0.5, 0.6) is 0 Å². The smallest absolute Gasteiger partial charge is 0.239 e. The van der Waals surface area contributed by atoms with Crippen molar-refractivity contribution >= 4 is 61.4 Å². The van der Waals surface area contributed by atoms with Gasteiger partial charge in [-0.2, -0.15) is 0 Å². The van der Waals surface area contributed by atoms with Crippen molar-refractivity contribution in [2.75, 3.05) is 5.32 Å². The highest BCUT2D eigenvalue weighted by Gasteiger charge is 2.44. The number of thiazole rings is 1. The van der Waals surface area contributed by atoms with Crippen LogP contribution < -0.4 is 11.1 Å². The minimum Gasteiger partial charge on any atom is -0.392 e. The first-order chi connectivity index (χ1) is 10.0. The molecule has 3 rings (SSSR count). The fourth-order valence-corrected chi connectivity index (χ4v) is 4.17. The van der Waals surface area contributed by atoms with Crippen LogP contribution >= 0.6 is 35.2 Å². The van der Waals surface area contributed by atoms with Crippen LogP contribution in [0.15, 0.2) is 18.2 Å². The number of amides is 1. The average Bonchev–Trinajstić information content (AvgIpc) is 3.04. The van der Waals surface area contributed by atoms with E-state index in [-0.39, 0.29) is 10.9 Å². The predicted octanol–water partition coefficient (Wildman–Crippen LogP) is 3.73. The molecule has 1 aliphatic rings. The summed E-state index contributed by atoms with van der Waals surface area (Å²) in [5, 5.41) is 4.08. The molecule has 2 aromatic rings. The second-order valence-corrected chi connectivity index (χ2v) is 7.15. The van der Waals surface area contributed by atoms with Crippen LogP contribution in [0.25, 0.3) is 10.2 Å². The molecule has 3 N–H and O–H groups in total. The first-order valence-corrected chi connectivity index (χ1v) is 8.29. The zero-order valence-electron chi connectivity index (χ0n) is 11.2. The molecule has 1 saturated carbocycles. The van der Waals surface area contributed by atoms with Crippen molar-refractivity contribution in [1.29, 1.82) is 0 Å². The summed E-state index contributed by atoms with van der Waals surface area (Å²) in [6.07, 6.45) is 3.37. The van der Waals surface area contributed by atoms with E-state index in [4.69, 9.17) is 29.6 Å². The van der Waals surface area contributed by atoms with E-state index in [1.165, 1.54) is 11.3 Å². The summed E-state index contributed by atoms with van der Waals surface area (Å²) in [4.78, 5) is 17.3. The van der Waals surface area contributed by atoms with E-state index in [1.54, 1.807) is 6.07 Å². The van der Waals surface area contributed by atoms with Gasteiger partial charge in [-0.25, -0.2) is 4.98 Å². The molecule has 0 atom stereocenters. The number of benzene rings is 1. The Morgan fingerprint density at radius 2 is 2.14 bits per heavy atom. The Hall–Kier alpha value is -1.24. The fraction of sp³-hybridized carbons (Fsp3) is 0.357. The quantitative estimate of drug-likeness (QED) is 0.836. The molecule has 1 amide bonds. The molecule has 1 aliphatic carbocycles. The third kappa shape index (κ3) is 2.63. The third-order valence-corrected chi connectivity index (χ3v) is 5.49. The Bertz CT molecular complexity index is 722. The Labute approximate surface area is 136 Å². The summed E-state index contributed by atoms with van der Waals surface area (Å²) < 4.78 is 0.939. The molecule has 110 valence electrons. The van der Waals surface area contributed by atoms with Crippen LogP contribution in [0.4, 0.5) is 5.13 Å². The molecule has 1 fully saturated rings. The standard InChI is InChI=1S/C14H14ClN3OS2/c15-8-3-4-9-10(7-8)21-13(17-9)18-12(19)14(11(16)20)5-1-2-6-14/h3-4,7H,1-2,5-6H2,(H2,16,20)(H,17,18,19). The Morgan fingerprint density at radius 3 is 2.81 bits per heavy atom. The lowest BCUT2D eigenvalue weighted by Gasteiger charge is -2.25. The molecule has 0 unspecified atom stereocenters. The molecule has 0 saturated heterocycles. The molecule has 1 aromatic carbocycles. The van der Waals surface area contributed by atoms with E-state index < -0.39 is 5.41 Å². The van der Waals surface area contributed by atoms with Crippen LogP contribution in [0.1, 0.15) is 25.7 Å². The molecular weight excluding hydrogens is 326 g/mol. The lowest BCUT2D eigenvalue weighted by Crippen LogP contribution is -2.43. The van der Waals surface area contributed by atoms with E-state index in [9.17, 15) is 4.79 Å². The van der Waals surface area contributed by atoms with Gasteiger partial charge in [0.1, 0.15) is 0 Å². The lowest BCUT2D eigenvalue weighted by atomic mass is 9.85. The van der Waals surface area contributed by atoms with Crippen LogP contribution in [-0.4, -0.2) is 15.9 Å². The number of carbonyl (C=O) groups excluding carboxylic acids is 1. The number of nitrogens with one attached hydrogen (secondary N) is 1.